The first-order chi connectivity index (χ1) is 10.2. The number of carbonyl (C=O) groups is 1. The van der Waals surface area contributed by atoms with E-state index in [0.29, 0.717) is 22.6 Å². The van der Waals surface area contributed by atoms with Crippen molar-refractivity contribution in [1.82, 2.24) is 14.6 Å². The summed E-state index contributed by atoms with van der Waals surface area (Å²) < 4.78 is 2.31. The minimum absolute atomic E-state index is 0.347. The Morgan fingerprint density at radius 2 is 2.29 bits per heavy atom. The van der Waals surface area contributed by atoms with E-state index in [4.69, 9.17) is 10.7 Å². The Kier molecular flexibility index (Phi) is 3.55. The van der Waals surface area contributed by atoms with Crippen molar-refractivity contribution >= 4 is 33.2 Å². The molecule has 2 aromatic heterocycles. The van der Waals surface area contributed by atoms with Crippen molar-refractivity contribution in [3.63, 3.8) is 0 Å². The first-order valence-electron chi connectivity index (χ1n) is 5.95. The third kappa shape index (κ3) is 2.58. The summed E-state index contributed by atoms with van der Waals surface area (Å²) in [5, 5.41) is 6.80. The highest BCUT2D eigenvalue weighted by molar-refractivity contribution is 9.10. The zero-order valence-electron chi connectivity index (χ0n) is 10.7. The first kappa shape index (κ1) is 13.5. The third-order valence-corrected chi connectivity index (χ3v) is 3.33. The largest absolute Gasteiger partial charge is 0.409 e. The molecule has 0 radical (unpaired) electrons. The standard InChI is InChI=1S/C13H10BrN5O2/c14-8-2-3-11(21-15)10(6-8)18-13(20)9-7-17-19-5-1-4-16-12(9)19/h1-7H,15H2,(H,18,20). The van der Waals surface area contributed by atoms with Gasteiger partial charge in [0.2, 0.25) is 0 Å². The Balaban J connectivity index is 1.95. The predicted octanol–water partition coefficient (Wildman–Crippen LogP) is 2.00. The van der Waals surface area contributed by atoms with Gasteiger partial charge in [-0.1, -0.05) is 15.9 Å². The summed E-state index contributed by atoms with van der Waals surface area (Å²) in [4.78, 5) is 21.2. The van der Waals surface area contributed by atoms with Crippen LogP contribution in [-0.4, -0.2) is 20.5 Å². The second-order valence-electron chi connectivity index (χ2n) is 4.16. The topological polar surface area (TPSA) is 94.5 Å². The average Bonchev–Trinajstić information content (AvgIpc) is 2.91. The van der Waals surface area contributed by atoms with Gasteiger partial charge in [0.1, 0.15) is 5.56 Å². The highest BCUT2D eigenvalue weighted by atomic mass is 79.9. The normalized spacial score (nSPS) is 10.6. The van der Waals surface area contributed by atoms with Gasteiger partial charge in [0.05, 0.1) is 11.9 Å². The molecular weight excluding hydrogens is 338 g/mol. The van der Waals surface area contributed by atoms with Gasteiger partial charge in [0.25, 0.3) is 5.91 Å². The monoisotopic (exact) mass is 347 g/mol. The van der Waals surface area contributed by atoms with Gasteiger partial charge in [0, 0.05) is 16.9 Å². The number of carbonyl (C=O) groups excluding carboxylic acids is 1. The van der Waals surface area contributed by atoms with E-state index in [1.165, 1.54) is 10.7 Å². The summed E-state index contributed by atoms with van der Waals surface area (Å²) in [6.07, 6.45) is 4.77. The van der Waals surface area contributed by atoms with E-state index >= 15 is 0 Å². The summed E-state index contributed by atoms with van der Waals surface area (Å²) >= 11 is 3.33. The van der Waals surface area contributed by atoms with Gasteiger partial charge in [-0.25, -0.2) is 9.50 Å². The molecule has 0 aliphatic carbocycles. The van der Waals surface area contributed by atoms with Gasteiger partial charge < -0.3 is 10.2 Å². The molecule has 7 nitrogen and oxygen atoms in total. The fourth-order valence-corrected chi connectivity index (χ4v) is 2.24. The van der Waals surface area contributed by atoms with Crippen LogP contribution in [0.5, 0.6) is 5.75 Å². The van der Waals surface area contributed by atoms with Gasteiger partial charge in [0.15, 0.2) is 11.4 Å². The molecule has 0 atom stereocenters. The van der Waals surface area contributed by atoms with Crippen molar-refractivity contribution in [2.45, 2.75) is 0 Å². The Morgan fingerprint density at radius 1 is 1.43 bits per heavy atom. The maximum Gasteiger partial charge on any atom is 0.261 e. The predicted molar refractivity (Wildman–Crippen MR) is 79.9 cm³/mol. The maximum absolute atomic E-state index is 12.4. The second-order valence-corrected chi connectivity index (χ2v) is 5.07. The van der Waals surface area contributed by atoms with Crippen LogP contribution in [0.3, 0.4) is 0 Å². The number of anilines is 1. The molecule has 0 unspecified atom stereocenters. The molecule has 3 N–H and O–H groups in total. The molecular formula is C13H10BrN5O2. The van der Waals surface area contributed by atoms with Crippen LogP contribution in [0.25, 0.3) is 5.65 Å². The number of hydrogen-bond donors (Lipinski definition) is 2. The van der Waals surface area contributed by atoms with Crippen molar-refractivity contribution in [3.8, 4) is 5.75 Å². The molecule has 2 heterocycles. The minimum Gasteiger partial charge on any atom is -0.409 e. The van der Waals surface area contributed by atoms with Crippen molar-refractivity contribution < 1.29 is 9.63 Å². The molecule has 0 bridgehead atoms. The van der Waals surface area contributed by atoms with Gasteiger partial charge >= 0.3 is 0 Å². The van der Waals surface area contributed by atoms with Crippen LogP contribution in [0.2, 0.25) is 0 Å². The van der Waals surface area contributed by atoms with E-state index in [1.807, 2.05) is 0 Å². The fourth-order valence-electron chi connectivity index (χ4n) is 1.88. The lowest BCUT2D eigenvalue weighted by atomic mass is 10.2. The lowest BCUT2D eigenvalue weighted by Crippen LogP contribution is -2.14. The van der Waals surface area contributed by atoms with Crippen LogP contribution < -0.4 is 16.1 Å². The number of halogens is 1. The summed E-state index contributed by atoms with van der Waals surface area (Å²) in [7, 11) is 0. The fraction of sp³-hybridized carbons (Fsp3) is 0. The lowest BCUT2D eigenvalue weighted by Gasteiger charge is -2.09. The zero-order valence-corrected chi connectivity index (χ0v) is 12.2. The van der Waals surface area contributed by atoms with Crippen molar-refractivity contribution in [1.29, 1.82) is 0 Å². The number of hydrogen-bond acceptors (Lipinski definition) is 5. The smallest absolute Gasteiger partial charge is 0.261 e. The van der Waals surface area contributed by atoms with Crippen LogP contribution >= 0.6 is 15.9 Å². The van der Waals surface area contributed by atoms with E-state index in [9.17, 15) is 4.79 Å². The first-order valence-corrected chi connectivity index (χ1v) is 6.74. The van der Waals surface area contributed by atoms with Gasteiger partial charge in [-0.3, -0.25) is 4.79 Å². The van der Waals surface area contributed by atoms with Crippen molar-refractivity contribution in [2.24, 2.45) is 5.90 Å². The molecule has 1 amide bonds. The Bertz CT molecular complexity index is 817. The number of nitrogens with two attached hydrogens (primary N) is 1. The van der Waals surface area contributed by atoms with Crippen LogP contribution in [0.1, 0.15) is 10.4 Å². The summed E-state index contributed by atoms with van der Waals surface area (Å²) in [5.41, 5.74) is 1.28. The molecule has 0 fully saturated rings. The molecule has 106 valence electrons. The number of nitrogens with zero attached hydrogens (tertiary/aromatic N) is 3. The molecule has 0 aliphatic heterocycles. The van der Waals surface area contributed by atoms with E-state index in [2.05, 4.69) is 31.3 Å². The van der Waals surface area contributed by atoms with Crippen LogP contribution in [0.15, 0.2) is 47.3 Å². The molecule has 21 heavy (non-hydrogen) atoms. The van der Waals surface area contributed by atoms with Crippen LogP contribution in [0, 0.1) is 0 Å². The van der Waals surface area contributed by atoms with Crippen molar-refractivity contribution in [2.75, 3.05) is 5.32 Å². The van der Waals surface area contributed by atoms with Crippen LogP contribution in [-0.2, 0) is 0 Å². The Hall–Kier alpha value is -2.45. The molecule has 0 saturated heterocycles. The molecule has 0 aliphatic rings. The molecule has 3 aromatic rings. The number of fused-ring (bicyclic) bond motifs is 1. The van der Waals surface area contributed by atoms with E-state index in [-0.39, 0.29) is 5.91 Å². The van der Waals surface area contributed by atoms with E-state index in [1.54, 1.807) is 36.7 Å². The van der Waals surface area contributed by atoms with Gasteiger partial charge in [-0.05, 0) is 24.3 Å². The zero-order chi connectivity index (χ0) is 14.8. The molecule has 1 aromatic carbocycles. The maximum atomic E-state index is 12.4. The molecule has 0 spiro atoms. The number of nitrogens with one attached hydrogen (secondary N) is 1. The number of benzene rings is 1. The summed E-state index contributed by atoms with van der Waals surface area (Å²) in [6.45, 7) is 0. The number of rotatable bonds is 3. The highest BCUT2D eigenvalue weighted by Crippen LogP contribution is 2.28. The van der Waals surface area contributed by atoms with E-state index < -0.39 is 0 Å². The molecule has 8 heteroatoms. The molecule has 3 rings (SSSR count). The second kappa shape index (κ2) is 5.51. The lowest BCUT2D eigenvalue weighted by molar-refractivity contribution is 0.102. The summed E-state index contributed by atoms with van der Waals surface area (Å²) in [5.74, 6) is 5.20. The van der Waals surface area contributed by atoms with Gasteiger partial charge in [-0.15, -0.1) is 0 Å². The average molecular weight is 348 g/mol. The third-order valence-electron chi connectivity index (χ3n) is 2.84. The summed E-state index contributed by atoms with van der Waals surface area (Å²) in [6, 6.07) is 6.83. The molecule has 0 saturated carbocycles. The SMILES string of the molecule is NOc1ccc(Br)cc1NC(=O)c1cnn2cccnc12. The Labute approximate surface area is 127 Å². The van der Waals surface area contributed by atoms with Gasteiger partial charge in [-0.2, -0.15) is 11.0 Å². The number of amides is 1. The van der Waals surface area contributed by atoms with E-state index in [0.717, 1.165) is 4.47 Å². The quantitative estimate of drug-likeness (QED) is 0.706. The van der Waals surface area contributed by atoms with Crippen molar-refractivity contribution in [3.05, 3.63) is 52.9 Å². The highest BCUT2D eigenvalue weighted by Gasteiger charge is 2.15. The number of aromatic nitrogens is 3. The minimum atomic E-state index is -0.347. The Morgan fingerprint density at radius 3 is 3.10 bits per heavy atom. The van der Waals surface area contributed by atoms with Crippen LogP contribution in [0.4, 0.5) is 5.69 Å².